The Bertz CT molecular complexity index is 380. The van der Waals surface area contributed by atoms with Gasteiger partial charge in [-0.25, -0.2) is 0 Å². The SMILES string of the molecule is CC(C)=C1C=CC(CC2=CC=CC2)=C1. The van der Waals surface area contributed by atoms with E-state index in [4.69, 9.17) is 0 Å². The quantitative estimate of drug-likeness (QED) is 0.606. The van der Waals surface area contributed by atoms with Crippen LogP contribution < -0.4 is 0 Å². The second kappa shape index (κ2) is 3.83. The van der Waals surface area contributed by atoms with Crippen molar-refractivity contribution >= 4 is 0 Å². The fourth-order valence-electron chi connectivity index (χ4n) is 1.80. The zero-order valence-corrected chi connectivity index (χ0v) is 8.88. The molecule has 0 unspecified atom stereocenters. The van der Waals surface area contributed by atoms with Gasteiger partial charge in [-0.1, -0.05) is 47.6 Å². The fraction of sp³-hybridized carbons (Fsp3) is 0.286. The molecular formula is C14H16. The maximum atomic E-state index is 2.30. The second-order valence-electron chi connectivity index (χ2n) is 4.14. The Hall–Kier alpha value is -1.30. The molecule has 14 heavy (non-hydrogen) atoms. The van der Waals surface area contributed by atoms with Crippen LogP contribution in [0.2, 0.25) is 0 Å². The summed E-state index contributed by atoms with van der Waals surface area (Å²) in [5.41, 5.74) is 5.74. The van der Waals surface area contributed by atoms with Crippen LogP contribution in [-0.2, 0) is 0 Å². The minimum Gasteiger partial charge on any atom is -0.0804 e. The Morgan fingerprint density at radius 1 is 1.29 bits per heavy atom. The first-order chi connectivity index (χ1) is 6.75. The van der Waals surface area contributed by atoms with E-state index in [0.717, 1.165) is 12.8 Å². The fourth-order valence-corrected chi connectivity index (χ4v) is 1.80. The van der Waals surface area contributed by atoms with Crippen molar-refractivity contribution in [1.82, 2.24) is 0 Å². The first-order valence-corrected chi connectivity index (χ1v) is 5.16. The molecular weight excluding hydrogens is 168 g/mol. The molecule has 0 spiro atoms. The van der Waals surface area contributed by atoms with Crippen LogP contribution >= 0.6 is 0 Å². The molecule has 0 heteroatoms. The van der Waals surface area contributed by atoms with E-state index in [9.17, 15) is 0 Å². The molecule has 0 saturated heterocycles. The van der Waals surface area contributed by atoms with E-state index in [1.165, 1.54) is 22.3 Å². The number of allylic oxidation sites excluding steroid dienone is 10. The highest BCUT2D eigenvalue weighted by atomic mass is 14.1. The van der Waals surface area contributed by atoms with Crippen LogP contribution in [0.25, 0.3) is 0 Å². The third-order valence-corrected chi connectivity index (χ3v) is 2.67. The highest BCUT2D eigenvalue weighted by Gasteiger charge is 2.06. The predicted molar refractivity (Wildman–Crippen MR) is 62.1 cm³/mol. The van der Waals surface area contributed by atoms with Gasteiger partial charge >= 0.3 is 0 Å². The summed E-state index contributed by atoms with van der Waals surface area (Å²) < 4.78 is 0. The van der Waals surface area contributed by atoms with E-state index in [2.05, 4.69) is 50.3 Å². The molecule has 0 saturated carbocycles. The van der Waals surface area contributed by atoms with Crippen molar-refractivity contribution in [3.8, 4) is 0 Å². The van der Waals surface area contributed by atoms with Gasteiger partial charge in [0.15, 0.2) is 0 Å². The minimum absolute atomic E-state index is 1.11. The summed E-state index contributed by atoms with van der Waals surface area (Å²) in [6, 6.07) is 0. The highest BCUT2D eigenvalue weighted by Crippen LogP contribution is 2.26. The summed E-state index contributed by atoms with van der Waals surface area (Å²) >= 11 is 0. The normalized spacial score (nSPS) is 18.9. The second-order valence-corrected chi connectivity index (χ2v) is 4.14. The van der Waals surface area contributed by atoms with Gasteiger partial charge in [0.05, 0.1) is 0 Å². The van der Waals surface area contributed by atoms with Gasteiger partial charge in [0.2, 0.25) is 0 Å². The molecule has 2 rings (SSSR count). The van der Waals surface area contributed by atoms with Crippen LogP contribution in [0.15, 0.2) is 58.7 Å². The third kappa shape index (κ3) is 1.95. The Kier molecular flexibility index (Phi) is 2.53. The predicted octanol–water partition coefficient (Wildman–Crippen LogP) is 4.10. The topological polar surface area (TPSA) is 0 Å². The smallest absolute Gasteiger partial charge is 0.00607 e. The van der Waals surface area contributed by atoms with Gasteiger partial charge in [0.1, 0.15) is 0 Å². The van der Waals surface area contributed by atoms with Crippen molar-refractivity contribution < 1.29 is 0 Å². The first-order valence-electron chi connectivity index (χ1n) is 5.16. The average molecular weight is 184 g/mol. The lowest BCUT2D eigenvalue weighted by atomic mass is 10.1. The van der Waals surface area contributed by atoms with Crippen LogP contribution in [-0.4, -0.2) is 0 Å². The molecule has 0 nitrogen and oxygen atoms in total. The van der Waals surface area contributed by atoms with Crippen LogP contribution in [0.1, 0.15) is 26.7 Å². The standard InChI is InChI=1S/C14H16/c1-11(2)14-8-7-13(10-14)9-12-5-3-4-6-12/h3-5,7-8,10H,6,9H2,1-2H3. The van der Waals surface area contributed by atoms with Crippen molar-refractivity contribution in [3.63, 3.8) is 0 Å². The highest BCUT2D eigenvalue weighted by molar-refractivity contribution is 5.49. The van der Waals surface area contributed by atoms with E-state index in [-0.39, 0.29) is 0 Å². The lowest BCUT2D eigenvalue weighted by molar-refractivity contribution is 1.10. The summed E-state index contributed by atoms with van der Waals surface area (Å²) in [6.07, 6.45) is 15.6. The van der Waals surface area contributed by atoms with Crippen molar-refractivity contribution in [2.24, 2.45) is 0 Å². The number of rotatable bonds is 2. The number of hydrogen-bond acceptors (Lipinski definition) is 0. The van der Waals surface area contributed by atoms with E-state index in [0.29, 0.717) is 0 Å². The van der Waals surface area contributed by atoms with E-state index < -0.39 is 0 Å². The first kappa shape index (κ1) is 9.26. The molecule has 2 aliphatic rings. The zero-order valence-electron chi connectivity index (χ0n) is 8.88. The van der Waals surface area contributed by atoms with Crippen LogP contribution in [0.5, 0.6) is 0 Å². The molecule has 72 valence electrons. The van der Waals surface area contributed by atoms with Crippen LogP contribution in [0, 0.1) is 0 Å². The molecule has 0 aromatic heterocycles. The van der Waals surface area contributed by atoms with Crippen molar-refractivity contribution in [2.75, 3.05) is 0 Å². The Labute approximate surface area is 86.0 Å². The van der Waals surface area contributed by atoms with Gasteiger partial charge in [-0.05, 0) is 37.8 Å². The minimum atomic E-state index is 1.11. The van der Waals surface area contributed by atoms with Gasteiger partial charge in [-0.3, -0.25) is 0 Å². The summed E-state index contributed by atoms with van der Waals surface area (Å²) in [5.74, 6) is 0. The third-order valence-electron chi connectivity index (χ3n) is 2.67. The Morgan fingerprint density at radius 3 is 2.71 bits per heavy atom. The van der Waals surface area contributed by atoms with Crippen molar-refractivity contribution in [1.29, 1.82) is 0 Å². The largest absolute Gasteiger partial charge is 0.0804 e. The van der Waals surface area contributed by atoms with Crippen LogP contribution in [0.3, 0.4) is 0 Å². The molecule has 0 aromatic rings. The van der Waals surface area contributed by atoms with E-state index in [1.54, 1.807) is 0 Å². The molecule has 2 aliphatic carbocycles. The Balaban J connectivity index is 2.05. The molecule has 0 bridgehead atoms. The molecule has 0 aliphatic heterocycles. The molecule has 0 radical (unpaired) electrons. The molecule has 0 fully saturated rings. The number of hydrogen-bond donors (Lipinski definition) is 0. The Morgan fingerprint density at radius 2 is 2.14 bits per heavy atom. The summed E-state index contributed by atoms with van der Waals surface area (Å²) in [4.78, 5) is 0. The monoisotopic (exact) mass is 184 g/mol. The molecule has 0 heterocycles. The van der Waals surface area contributed by atoms with E-state index >= 15 is 0 Å². The summed E-state index contributed by atoms with van der Waals surface area (Å²) in [5, 5.41) is 0. The molecule has 0 atom stereocenters. The average Bonchev–Trinajstić information content (AvgIpc) is 2.75. The zero-order chi connectivity index (χ0) is 9.97. The molecule has 0 N–H and O–H groups in total. The van der Waals surface area contributed by atoms with E-state index in [1.807, 2.05) is 0 Å². The molecule has 0 amide bonds. The lowest BCUT2D eigenvalue weighted by Crippen LogP contribution is -1.80. The van der Waals surface area contributed by atoms with Gasteiger partial charge in [-0.2, -0.15) is 0 Å². The maximum absolute atomic E-state index is 2.30. The lowest BCUT2D eigenvalue weighted by Gasteiger charge is -2.00. The van der Waals surface area contributed by atoms with Gasteiger partial charge in [-0.15, -0.1) is 0 Å². The van der Waals surface area contributed by atoms with Gasteiger partial charge < -0.3 is 0 Å². The van der Waals surface area contributed by atoms with Gasteiger partial charge in [0.25, 0.3) is 0 Å². The maximum Gasteiger partial charge on any atom is -0.00607 e. The van der Waals surface area contributed by atoms with Crippen molar-refractivity contribution in [2.45, 2.75) is 26.7 Å². The summed E-state index contributed by atoms with van der Waals surface area (Å²) in [7, 11) is 0. The van der Waals surface area contributed by atoms with Gasteiger partial charge in [0, 0.05) is 0 Å². The summed E-state index contributed by atoms with van der Waals surface area (Å²) in [6.45, 7) is 4.32. The van der Waals surface area contributed by atoms with Crippen molar-refractivity contribution in [3.05, 3.63) is 58.7 Å². The van der Waals surface area contributed by atoms with Crippen LogP contribution in [0.4, 0.5) is 0 Å². The molecule has 0 aromatic carbocycles.